The van der Waals surface area contributed by atoms with Crippen molar-refractivity contribution in [2.45, 2.75) is 91.0 Å². The van der Waals surface area contributed by atoms with Gasteiger partial charge in [0.15, 0.2) is 6.61 Å². The molecule has 2 aliphatic rings. The minimum Gasteiger partial charge on any atom is -0.452 e. The first-order valence-corrected chi connectivity index (χ1v) is 11.5. The highest BCUT2D eigenvalue weighted by Gasteiger charge is 2.42. The molecule has 4 heteroatoms. The predicted octanol–water partition coefficient (Wildman–Crippen LogP) is 5.38. The molecule has 0 unspecified atom stereocenters. The van der Waals surface area contributed by atoms with E-state index < -0.39 is 5.97 Å². The molecule has 0 aliphatic heterocycles. The zero-order valence-corrected chi connectivity index (χ0v) is 19.8. The van der Waals surface area contributed by atoms with Crippen LogP contribution in [0.2, 0.25) is 0 Å². The van der Waals surface area contributed by atoms with Gasteiger partial charge in [0.1, 0.15) is 0 Å². The van der Waals surface area contributed by atoms with Gasteiger partial charge in [-0.15, -0.1) is 0 Å². The van der Waals surface area contributed by atoms with Crippen molar-refractivity contribution in [1.29, 1.82) is 0 Å². The quantitative estimate of drug-likeness (QED) is 0.660. The average Bonchev–Trinajstić information content (AvgIpc) is 3.27. The maximum atomic E-state index is 12.8. The van der Waals surface area contributed by atoms with E-state index >= 15 is 0 Å². The molecule has 2 saturated carbocycles. The van der Waals surface area contributed by atoms with Crippen molar-refractivity contribution in [3.05, 3.63) is 34.9 Å². The summed E-state index contributed by atoms with van der Waals surface area (Å²) < 4.78 is 5.40. The van der Waals surface area contributed by atoms with Gasteiger partial charge in [0, 0.05) is 6.04 Å². The second-order valence-electron chi connectivity index (χ2n) is 11.6. The molecule has 3 rings (SSSR count). The van der Waals surface area contributed by atoms with Gasteiger partial charge < -0.3 is 10.1 Å². The van der Waals surface area contributed by atoms with Crippen molar-refractivity contribution in [2.24, 2.45) is 17.8 Å². The summed E-state index contributed by atoms with van der Waals surface area (Å²) in [6, 6.07) is 6.10. The second kappa shape index (κ2) is 8.36. The van der Waals surface area contributed by atoms with Crippen LogP contribution in [-0.2, 0) is 20.4 Å². The monoisotopic (exact) mass is 413 g/mol. The van der Waals surface area contributed by atoms with Crippen molar-refractivity contribution in [1.82, 2.24) is 5.32 Å². The largest absolute Gasteiger partial charge is 0.452 e. The Hall–Kier alpha value is -1.84. The molecule has 0 heterocycles. The number of ether oxygens (including phenoxy) is 1. The molecule has 30 heavy (non-hydrogen) atoms. The number of fused-ring (bicyclic) bond motifs is 2. The lowest BCUT2D eigenvalue weighted by atomic mass is 9.79. The maximum Gasteiger partial charge on any atom is 0.338 e. The molecule has 1 aromatic carbocycles. The maximum absolute atomic E-state index is 12.8. The lowest BCUT2D eigenvalue weighted by Gasteiger charge is -2.28. The van der Waals surface area contributed by atoms with E-state index in [1.165, 1.54) is 25.7 Å². The smallest absolute Gasteiger partial charge is 0.338 e. The van der Waals surface area contributed by atoms with E-state index in [-0.39, 0.29) is 29.4 Å². The van der Waals surface area contributed by atoms with Crippen molar-refractivity contribution >= 4 is 11.9 Å². The van der Waals surface area contributed by atoms with Crippen LogP contribution in [0.4, 0.5) is 0 Å². The molecule has 4 nitrogen and oxygen atoms in total. The Morgan fingerprint density at radius 3 is 2.07 bits per heavy atom. The molecule has 0 radical (unpaired) electrons. The Balaban J connectivity index is 1.62. The van der Waals surface area contributed by atoms with E-state index in [1.807, 2.05) is 12.1 Å². The van der Waals surface area contributed by atoms with Crippen LogP contribution in [0.25, 0.3) is 0 Å². The normalized spacial score (nSPS) is 24.6. The van der Waals surface area contributed by atoms with Gasteiger partial charge in [-0.2, -0.15) is 0 Å². The third-order valence-corrected chi connectivity index (χ3v) is 7.06. The van der Waals surface area contributed by atoms with Crippen molar-refractivity contribution in [3.8, 4) is 0 Å². The van der Waals surface area contributed by atoms with Crippen LogP contribution in [0.1, 0.15) is 95.6 Å². The average molecular weight is 414 g/mol. The standard InChI is InChI=1S/C26H39NO3/c1-16(22-11-17-8-9-18(22)10-17)27-23(28)15-30-24(29)19-12-20(25(2,3)4)14-21(13-19)26(5,6)7/h12-14,16-18,22H,8-11,15H2,1-7H3,(H,27,28)/t16-,17-,18-,22-/m0/s1. The molecule has 166 valence electrons. The van der Waals surface area contributed by atoms with Gasteiger partial charge in [0.25, 0.3) is 5.91 Å². The number of hydrogen-bond donors (Lipinski definition) is 1. The highest BCUT2D eigenvalue weighted by Crippen LogP contribution is 2.49. The SMILES string of the molecule is C[C@H](NC(=O)COC(=O)c1cc(C(C)(C)C)cc(C(C)(C)C)c1)[C@@H]1C[C@H]2CC[C@H]1C2. The number of esters is 1. The highest BCUT2D eigenvalue weighted by atomic mass is 16.5. The first-order chi connectivity index (χ1) is 13.8. The van der Waals surface area contributed by atoms with Gasteiger partial charge in [0.2, 0.25) is 0 Å². The second-order valence-corrected chi connectivity index (χ2v) is 11.6. The van der Waals surface area contributed by atoms with Gasteiger partial charge in [-0.1, -0.05) is 54.0 Å². The van der Waals surface area contributed by atoms with Crippen LogP contribution in [-0.4, -0.2) is 24.5 Å². The molecular formula is C26H39NO3. The summed E-state index contributed by atoms with van der Waals surface area (Å²) in [5.74, 6) is 1.53. The minimum absolute atomic E-state index is 0.0796. The zero-order valence-electron chi connectivity index (χ0n) is 19.8. The van der Waals surface area contributed by atoms with Gasteiger partial charge in [-0.25, -0.2) is 4.79 Å². The number of rotatable bonds is 5. The fourth-order valence-electron chi connectivity index (χ4n) is 5.13. The van der Waals surface area contributed by atoms with Crippen LogP contribution < -0.4 is 5.32 Å². The summed E-state index contributed by atoms with van der Waals surface area (Å²) in [4.78, 5) is 25.2. The summed E-state index contributed by atoms with van der Waals surface area (Å²) in [6.45, 7) is 14.7. The van der Waals surface area contributed by atoms with Crippen LogP contribution in [0.3, 0.4) is 0 Å². The molecular weight excluding hydrogens is 374 g/mol. The van der Waals surface area contributed by atoms with Crippen molar-refractivity contribution in [2.75, 3.05) is 6.61 Å². The van der Waals surface area contributed by atoms with Gasteiger partial charge >= 0.3 is 5.97 Å². The van der Waals surface area contributed by atoms with E-state index in [0.717, 1.165) is 23.0 Å². The number of amides is 1. The van der Waals surface area contributed by atoms with Crippen LogP contribution in [0.5, 0.6) is 0 Å². The van der Waals surface area contributed by atoms with Crippen molar-refractivity contribution < 1.29 is 14.3 Å². The molecule has 4 atom stereocenters. The summed E-state index contributed by atoms with van der Waals surface area (Å²) in [6.07, 6.45) is 5.19. The number of benzene rings is 1. The summed E-state index contributed by atoms with van der Waals surface area (Å²) in [7, 11) is 0. The molecule has 2 fully saturated rings. The topological polar surface area (TPSA) is 55.4 Å². The first kappa shape index (κ1) is 22.8. The van der Waals surface area contributed by atoms with Crippen LogP contribution in [0.15, 0.2) is 18.2 Å². The fourth-order valence-corrected chi connectivity index (χ4v) is 5.13. The third-order valence-electron chi connectivity index (χ3n) is 7.06. The van der Waals surface area contributed by atoms with E-state index in [2.05, 4.69) is 59.8 Å². The van der Waals surface area contributed by atoms with Crippen molar-refractivity contribution in [3.63, 3.8) is 0 Å². The third kappa shape index (κ3) is 5.25. The van der Waals surface area contributed by atoms with Gasteiger partial charge in [0.05, 0.1) is 5.56 Å². The first-order valence-electron chi connectivity index (χ1n) is 11.5. The molecule has 1 aromatic rings. The minimum atomic E-state index is -0.436. The number of hydrogen-bond acceptors (Lipinski definition) is 3. The Kier molecular flexibility index (Phi) is 6.36. The Bertz CT molecular complexity index is 767. The fraction of sp³-hybridized carbons (Fsp3) is 0.692. The van der Waals surface area contributed by atoms with Crippen LogP contribution in [0, 0.1) is 17.8 Å². The molecule has 2 aliphatic carbocycles. The number of carbonyl (C=O) groups excluding carboxylic acids is 2. The zero-order chi connectivity index (χ0) is 22.3. The van der Waals surface area contributed by atoms with E-state index in [4.69, 9.17) is 4.74 Å². The number of nitrogens with one attached hydrogen (secondary N) is 1. The Morgan fingerprint density at radius 1 is 1.00 bits per heavy atom. The Morgan fingerprint density at radius 2 is 1.60 bits per heavy atom. The summed E-state index contributed by atoms with van der Waals surface area (Å²) >= 11 is 0. The number of carbonyl (C=O) groups is 2. The summed E-state index contributed by atoms with van der Waals surface area (Å²) in [5, 5.41) is 3.07. The molecule has 0 spiro atoms. The highest BCUT2D eigenvalue weighted by molar-refractivity contribution is 5.92. The van der Waals surface area contributed by atoms with E-state index in [1.54, 1.807) is 0 Å². The van der Waals surface area contributed by atoms with Crippen LogP contribution >= 0.6 is 0 Å². The molecule has 0 aromatic heterocycles. The lowest BCUT2D eigenvalue weighted by Crippen LogP contribution is -2.42. The lowest BCUT2D eigenvalue weighted by molar-refractivity contribution is -0.125. The summed E-state index contributed by atoms with van der Waals surface area (Å²) in [5.41, 5.74) is 2.54. The molecule has 1 N–H and O–H groups in total. The van der Waals surface area contributed by atoms with Gasteiger partial charge in [-0.3, -0.25) is 4.79 Å². The Labute approximate surface area is 182 Å². The molecule has 0 saturated heterocycles. The van der Waals surface area contributed by atoms with E-state index in [0.29, 0.717) is 11.5 Å². The van der Waals surface area contributed by atoms with E-state index in [9.17, 15) is 9.59 Å². The molecule has 2 bridgehead atoms. The molecule has 1 amide bonds. The predicted molar refractivity (Wildman–Crippen MR) is 121 cm³/mol. The van der Waals surface area contributed by atoms with Gasteiger partial charge in [-0.05, 0) is 78.0 Å².